The molecular weight excluding hydrogens is 257 g/mol. The third-order valence-corrected chi connectivity index (χ3v) is 3.87. The average Bonchev–Trinajstić information content (AvgIpc) is 2.34. The molecule has 0 aromatic heterocycles. The van der Waals surface area contributed by atoms with Crippen LogP contribution in [0.3, 0.4) is 0 Å². The van der Waals surface area contributed by atoms with Crippen LogP contribution in [0.2, 0.25) is 0 Å². The van der Waals surface area contributed by atoms with Gasteiger partial charge in [0.25, 0.3) is 5.91 Å². The Balaban J connectivity index is 2.13. The molecule has 1 amide bonds. The molecule has 1 saturated carbocycles. The van der Waals surface area contributed by atoms with E-state index in [2.05, 4.69) is 5.32 Å². The van der Waals surface area contributed by atoms with Crippen molar-refractivity contribution < 1.29 is 13.9 Å². The first-order valence-corrected chi connectivity index (χ1v) is 6.36. The Kier molecular flexibility index (Phi) is 3.76. The van der Waals surface area contributed by atoms with Gasteiger partial charge < -0.3 is 10.1 Å². The van der Waals surface area contributed by atoms with E-state index >= 15 is 0 Å². The molecule has 0 spiro atoms. The molecule has 2 rings (SSSR count). The van der Waals surface area contributed by atoms with Crippen molar-refractivity contribution in [3.63, 3.8) is 0 Å². The summed E-state index contributed by atoms with van der Waals surface area (Å²) < 4.78 is 18.1. The summed E-state index contributed by atoms with van der Waals surface area (Å²) in [6.45, 7) is 0. The number of methoxy groups -OCH3 is 1. The molecular formula is C13H15ClFNO2. The second kappa shape index (κ2) is 5.14. The first-order chi connectivity index (χ1) is 8.60. The molecule has 0 saturated heterocycles. The van der Waals surface area contributed by atoms with Crippen molar-refractivity contribution in [1.82, 2.24) is 5.32 Å². The van der Waals surface area contributed by atoms with Gasteiger partial charge in [0, 0.05) is 11.4 Å². The third kappa shape index (κ3) is 2.43. The van der Waals surface area contributed by atoms with E-state index in [0.29, 0.717) is 11.4 Å². The van der Waals surface area contributed by atoms with E-state index in [-0.39, 0.29) is 17.2 Å². The molecule has 0 unspecified atom stereocenters. The van der Waals surface area contributed by atoms with E-state index in [4.69, 9.17) is 16.3 Å². The van der Waals surface area contributed by atoms with Crippen LogP contribution in [0.1, 0.15) is 29.6 Å². The SMILES string of the molecule is COc1cc(C(=O)NC2(CCl)CCC2)ccc1F. The number of carbonyl (C=O) groups excluding carboxylic acids is 1. The van der Waals surface area contributed by atoms with Crippen LogP contribution < -0.4 is 10.1 Å². The number of nitrogens with one attached hydrogen (secondary N) is 1. The summed E-state index contributed by atoms with van der Waals surface area (Å²) in [4.78, 5) is 12.0. The lowest BCUT2D eigenvalue weighted by atomic mass is 9.78. The minimum Gasteiger partial charge on any atom is -0.494 e. The van der Waals surface area contributed by atoms with Gasteiger partial charge >= 0.3 is 0 Å². The van der Waals surface area contributed by atoms with Gasteiger partial charge in [-0.1, -0.05) is 0 Å². The summed E-state index contributed by atoms with van der Waals surface area (Å²) in [5.41, 5.74) is 0.0879. The zero-order chi connectivity index (χ0) is 13.2. The van der Waals surface area contributed by atoms with Crippen LogP contribution in [0.25, 0.3) is 0 Å². The smallest absolute Gasteiger partial charge is 0.251 e. The number of carbonyl (C=O) groups is 1. The van der Waals surface area contributed by atoms with Crippen LogP contribution >= 0.6 is 11.6 Å². The van der Waals surface area contributed by atoms with Crippen molar-refractivity contribution in [3.05, 3.63) is 29.6 Å². The van der Waals surface area contributed by atoms with E-state index in [1.54, 1.807) is 0 Å². The topological polar surface area (TPSA) is 38.3 Å². The number of halogens is 2. The van der Waals surface area contributed by atoms with E-state index < -0.39 is 5.82 Å². The Labute approximate surface area is 110 Å². The largest absolute Gasteiger partial charge is 0.494 e. The van der Waals surface area contributed by atoms with E-state index in [9.17, 15) is 9.18 Å². The quantitative estimate of drug-likeness (QED) is 0.855. The molecule has 1 fully saturated rings. The Morgan fingerprint density at radius 2 is 2.28 bits per heavy atom. The highest BCUT2D eigenvalue weighted by Crippen LogP contribution is 2.33. The molecule has 0 radical (unpaired) electrons. The fourth-order valence-electron chi connectivity index (χ4n) is 2.01. The molecule has 1 aliphatic rings. The fraction of sp³-hybridized carbons (Fsp3) is 0.462. The second-order valence-corrected chi connectivity index (χ2v) is 4.84. The zero-order valence-electron chi connectivity index (χ0n) is 10.1. The predicted octanol–water partition coefficient (Wildman–Crippen LogP) is 2.73. The number of amides is 1. The number of hydrogen-bond donors (Lipinski definition) is 1. The van der Waals surface area contributed by atoms with Crippen LogP contribution in [0.5, 0.6) is 5.75 Å². The van der Waals surface area contributed by atoms with Gasteiger partial charge in [0.2, 0.25) is 0 Å². The van der Waals surface area contributed by atoms with Crippen LogP contribution in [-0.4, -0.2) is 24.4 Å². The van der Waals surface area contributed by atoms with E-state index in [0.717, 1.165) is 19.3 Å². The molecule has 3 nitrogen and oxygen atoms in total. The number of alkyl halides is 1. The highest BCUT2D eigenvalue weighted by Gasteiger charge is 2.37. The van der Waals surface area contributed by atoms with Crippen LogP contribution in [0, 0.1) is 5.82 Å². The first-order valence-electron chi connectivity index (χ1n) is 5.82. The predicted molar refractivity (Wildman–Crippen MR) is 67.7 cm³/mol. The van der Waals surface area contributed by atoms with Gasteiger partial charge in [-0.2, -0.15) is 0 Å². The van der Waals surface area contributed by atoms with Gasteiger partial charge in [-0.3, -0.25) is 4.79 Å². The molecule has 18 heavy (non-hydrogen) atoms. The Bertz CT molecular complexity index is 455. The molecule has 0 heterocycles. The van der Waals surface area contributed by atoms with Crippen molar-refractivity contribution in [2.24, 2.45) is 0 Å². The summed E-state index contributed by atoms with van der Waals surface area (Å²) in [6, 6.07) is 4.06. The first kappa shape index (κ1) is 13.1. The van der Waals surface area contributed by atoms with E-state index in [1.807, 2.05) is 0 Å². The van der Waals surface area contributed by atoms with Crippen LogP contribution in [-0.2, 0) is 0 Å². The van der Waals surface area contributed by atoms with Crippen molar-refractivity contribution in [3.8, 4) is 5.75 Å². The molecule has 1 N–H and O–H groups in total. The summed E-state index contributed by atoms with van der Waals surface area (Å²) in [5, 5.41) is 2.92. The maximum atomic E-state index is 13.2. The van der Waals surface area contributed by atoms with Gasteiger partial charge in [-0.05, 0) is 37.5 Å². The second-order valence-electron chi connectivity index (χ2n) is 4.57. The van der Waals surface area contributed by atoms with Crippen molar-refractivity contribution in [1.29, 1.82) is 0 Å². The molecule has 1 aliphatic carbocycles. The minimum atomic E-state index is -0.482. The number of ether oxygens (including phenoxy) is 1. The summed E-state index contributed by atoms with van der Waals surface area (Å²) in [5.74, 6) is -0.258. The number of hydrogen-bond acceptors (Lipinski definition) is 2. The monoisotopic (exact) mass is 271 g/mol. The third-order valence-electron chi connectivity index (χ3n) is 3.36. The van der Waals surface area contributed by atoms with Gasteiger partial charge in [0.05, 0.1) is 12.6 Å². The normalized spacial score (nSPS) is 16.8. The standard InChI is InChI=1S/C13H15ClFNO2/c1-18-11-7-9(3-4-10(11)15)12(17)16-13(8-14)5-2-6-13/h3-4,7H,2,5-6,8H2,1H3,(H,16,17). The summed E-state index contributed by atoms with van der Waals surface area (Å²) in [6.07, 6.45) is 2.85. The molecule has 1 aromatic carbocycles. The Morgan fingerprint density at radius 1 is 1.56 bits per heavy atom. The maximum absolute atomic E-state index is 13.2. The molecule has 1 aromatic rings. The van der Waals surface area contributed by atoms with Crippen LogP contribution in [0.4, 0.5) is 4.39 Å². The van der Waals surface area contributed by atoms with Gasteiger partial charge in [0.1, 0.15) is 0 Å². The van der Waals surface area contributed by atoms with Crippen molar-refractivity contribution in [2.75, 3.05) is 13.0 Å². The lowest BCUT2D eigenvalue weighted by molar-refractivity contribution is 0.0853. The highest BCUT2D eigenvalue weighted by atomic mass is 35.5. The number of rotatable bonds is 4. The molecule has 0 bridgehead atoms. The molecule has 5 heteroatoms. The average molecular weight is 272 g/mol. The summed E-state index contributed by atoms with van der Waals surface area (Å²) in [7, 11) is 1.37. The van der Waals surface area contributed by atoms with Gasteiger partial charge in [-0.25, -0.2) is 4.39 Å². The zero-order valence-corrected chi connectivity index (χ0v) is 10.9. The highest BCUT2D eigenvalue weighted by molar-refractivity contribution is 6.19. The Morgan fingerprint density at radius 3 is 2.78 bits per heavy atom. The fourth-order valence-corrected chi connectivity index (χ4v) is 2.34. The molecule has 0 aliphatic heterocycles. The van der Waals surface area contributed by atoms with Gasteiger partial charge in [0.15, 0.2) is 11.6 Å². The number of benzene rings is 1. The van der Waals surface area contributed by atoms with Crippen molar-refractivity contribution >= 4 is 17.5 Å². The van der Waals surface area contributed by atoms with Crippen LogP contribution in [0.15, 0.2) is 18.2 Å². The van der Waals surface area contributed by atoms with E-state index in [1.165, 1.54) is 25.3 Å². The summed E-state index contributed by atoms with van der Waals surface area (Å²) >= 11 is 5.88. The maximum Gasteiger partial charge on any atom is 0.251 e. The van der Waals surface area contributed by atoms with Gasteiger partial charge in [-0.15, -0.1) is 11.6 Å². The molecule has 0 atom stereocenters. The Hall–Kier alpha value is -1.29. The molecule has 98 valence electrons. The lowest BCUT2D eigenvalue weighted by Gasteiger charge is -2.41. The van der Waals surface area contributed by atoms with Crippen molar-refractivity contribution in [2.45, 2.75) is 24.8 Å². The minimum absolute atomic E-state index is 0.0659. The lowest BCUT2D eigenvalue weighted by Crippen LogP contribution is -2.55.